The van der Waals surface area contributed by atoms with Crippen LogP contribution >= 0.6 is 0 Å². The van der Waals surface area contributed by atoms with Crippen molar-refractivity contribution in [3.8, 4) is 0 Å². The van der Waals surface area contributed by atoms with Crippen LogP contribution in [-0.2, 0) is 15.1 Å². The molecule has 0 amide bonds. The molecule has 0 bridgehead atoms. The van der Waals surface area contributed by atoms with Crippen molar-refractivity contribution in [3.63, 3.8) is 0 Å². The summed E-state index contributed by atoms with van der Waals surface area (Å²) in [7, 11) is 0. The summed E-state index contributed by atoms with van der Waals surface area (Å²) < 4.78 is 6.53. The number of allylic oxidation sites excluding steroid dienone is 1. The SMILES string of the molecule is CC(=O)C1=C(C)OC(c2ccccc2)(c2ccccc2)C12CC2. The Hall–Kier alpha value is -2.35. The molecule has 2 heteroatoms. The number of hydrogen-bond donors (Lipinski definition) is 0. The maximum Gasteiger partial charge on any atom is 0.168 e. The third-order valence-corrected chi connectivity index (χ3v) is 5.27. The van der Waals surface area contributed by atoms with Crippen LogP contribution in [0.5, 0.6) is 0 Å². The number of Topliss-reactive ketones (excluding diaryl/α,β-unsaturated/α-hetero) is 1. The Morgan fingerprint density at radius 1 is 0.913 bits per heavy atom. The highest BCUT2D eigenvalue weighted by molar-refractivity contribution is 5.97. The van der Waals surface area contributed by atoms with Crippen molar-refractivity contribution in [1.82, 2.24) is 0 Å². The lowest BCUT2D eigenvalue weighted by Crippen LogP contribution is -2.38. The molecule has 0 radical (unpaired) electrons. The Morgan fingerprint density at radius 2 is 1.39 bits per heavy atom. The Morgan fingerprint density at radius 3 is 1.78 bits per heavy atom. The number of ether oxygens (including phenoxy) is 1. The van der Waals surface area contributed by atoms with Crippen molar-refractivity contribution in [1.29, 1.82) is 0 Å². The fourth-order valence-corrected chi connectivity index (χ4v) is 4.39. The van der Waals surface area contributed by atoms with Crippen molar-refractivity contribution < 1.29 is 9.53 Å². The molecule has 1 spiro atoms. The Balaban J connectivity index is 1.99. The zero-order chi connectivity index (χ0) is 16.1. The van der Waals surface area contributed by atoms with Crippen molar-refractivity contribution in [3.05, 3.63) is 83.1 Å². The van der Waals surface area contributed by atoms with E-state index in [4.69, 9.17) is 4.74 Å². The third-order valence-electron chi connectivity index (χ3n) is 5.27. The fourth-order valence-electron chi connectivity index (χ4n) is 4.39. The first-order valence-corrected chi connectivity index (χ1v) is 8.14. The molecule has 1 aliphatic heterocycles. The number of rotatable bonds is 3. The van der Waals surface area contributed by atoms with Crippen LogP contribution in [0.1, 0.15) is 37.8 Å². The van der Waals surface area contributed by atoms with Crippen LogP contribution in [0.15, 0.2) is 72.0 Å². The molecule has 23 heavy (non-hydrogen) atoms. The van der Waals surface area contributed by atoms with E-state index in [0.717, 1.165) is 35.3 Å². The van der Waals surface area contributed by atoms with Gasteiger partial charge in [-0.3, -0.25) is 4.79 Å². The molecule has 2 aromatic carbocycles. The molecule has 4 rings (SSSR count). The highest BCUT2D eigenvalue weighted by Gasteiger charge is 2.69. The maximum atomic E-state index is 12.3. The summed E-state index contributed by atoms with van der Waals surface area (Å²) in [5.41, 5.74) is 2.33. The molecular weight excluding hydrogens is 284 g/mol. The molecule has 2 aromatic rings. The molecule has 1 fully saturated rings. The number of ketones is 1. The average Bonchev–Trinajstić information content (AvgIpc) is 3.29. The van der Waals surface area contributed by atoms with Gasteiger partial charge in [0.2, 0.25) is 0 Å². The molecule has 1 heterocycles. The van der Waals surface area contributed by atoms with Crippen molar-refractivity contribution in [2.75, 3.05) is 0 Å². The molecule has 2 aliphatic rings. The van der Waals surface area contributed by atoms with Crippen LogP contribution in [-0.4, -0.2) is 5.78 Å². The van der Waals surface area contributed by atoms with Gasteiger partial charge in [-0.25, -0.2) is 0 Å². The normalized spacial score (nSPS) is 20.4. The van der Waals surface area contributed by atoms with Gasteiger partial charge in [-0.2, -0.15) is 0 Å². The second-order valence-electron chi connectivity index (χ2n) is 6.58. The van der Waals surface area contributed by atoms with Gasteiger partial charge in [-0.1, -0.05) is 60.7 Å². The maximum absolute atomic E-state index is 12.3. The molecule has 1 aliphatic carbocycles. The van der Waals surface area contributed by atoms with Crippen LogP contribution in [0.4, 0.5) is 0 Å². The summed E-state index contributed by atoms with van der Waals surface area (Å²) in [6, 6.07) is 20.7. The zero-order valence-corrected chi connectivity index (χ0v) is 13.5. The van der Waals surface area contributed by atoms with E-state index in [0.29, 0.717) is 0 Å². The van der Waals surface area contributed by atoms with E-state index in [2.05, 4.69) is 24.3 Å². The van der Waals surface area contributed by atoms with Crippen LogP contribution in [0.25, 0.3) is 0 Å². The average molecular weight is 304 g/mol. The van der Waals surface area contributed by atoms with Gasteiger partial charge in [-0.15, -0.1) is 0 Å². The van der Waals surface area contributed by atoms with Gasteiger partial charge in [0.05, 0.1) is 5.41 Å². The summed E-state index contributed by atoms with van der Waals surface area (Å²) in [6.07, 6.45) is 1.98. The van der Waals surface area contributed by atoms with E-state index >= 15 is 0 Å². The lowest BCUT2D eigenvalue weighted by Gasteiger charge is -2.37. The highest BCUT2D eigenvalue weighted by Crippen LogP contribution is 2.71. The van der Waals surface area contributed by atoms with Crippen LogP contribution < -0.4 is 0 Å². The zero-order valence-electron chi connectivity index (χ0n) is 13.5. The second-order valence-corrected chi connectivity index (χ2v) is 6.58. The Bertz CT molecular complexity index is 744. The Kier molecular flexibility index (Phi) is 2.99. The molecule has 116 valence electrons. The van der Waals surface area contributed by atoms with Crippen LogP contribution in [0.2, 0.25) is 0 Å². The monoisotopic (exact) mass is 304 g/mol. The van der Waals surface area contributed by atoms with E-state index in [9.17, 15) is 4.79 Å². The van der Waals surface area contributed by atoms with E-state index < -0.39 is 5.60 Å². The lowest BCUT2D eigenvalue weighted by atomic mass is 9.70. The predicted molar refractivity (Wildman–Crippen MR) is 89.8 cm³/mol. The first kappa shape index (κ1) is 14.3. The van der Waals surface area contributed by atoms with Gasteiger partial charge in [-0.05, 0) is 26.7 Å². The molecule has 0 N–H and O–H groups in total. The molecule has 2 nitrogen and oxygen atoms in total. The van der Waals surface area contributed by atoms with E-state index in [1.54, 1.807) is 6.92 Å². The number of carbonyl (C=O) groups is 1. The minimum absolute atomic E-state index is 0.133. The largest absolute Gasteiger partial charge is 0.481 e. The molecule has 0 unspecified atom stereocenters. The highest BCUT2D eigenvalue weighted by atomic mass is 16.5. The smallest absolute Gasteiger partial charge is 0.168 e. The van der Waals surface area contributed by atoms with Gasteiger partial charge in [0.1, 0.15) is 5.76 Å². The third kappa shape index (κ3) is 1.78. The van der Waals surface area contributed by atoms with Crippen molar-refractivity contribution in [2.45, 2.75) is 32.3 Å². The fraction of sp³-hybridized carbons (Fsp3) is 0.286. The lowest BCUT2D eigenvalue weighted by molar-refractivity contribution is -0.114. The molecular formula is C21H20O2. The molecule has 0 atom stereocenters. The van der Waals surface area contributed by atoms with Crippen LogP contribution in [0, 0.1) is 5.41 Å². The summed E-state index contributed by atoms with van der Waals surface area (Å²) in [5, 5.41) is 0. The van der Waals surface area contributed by atoms with Gasteiger partial charge in [0.15, 0.2) is 11.4 Å². The number of carbonyl (C=O) groups excluding carboxylic acids is 1. The van der Waals surface area contributed by atoms with Gasteiger partial charge in [0.25, 0.3) is 0 Å². The summed E-state index contributed by atoms with van der Waals surface area (Å²) >= 11 is 0. The van der Waals surface area contributed by atoms with E-state index in [-0.39, 0.29) is 11.2 Å². The van der Waals surface area contributed by atoms with Crippen LogP contribution in [0.3, 0.4) is 0 Å². The first-order valence-electron chi connectivity index (χ1n) is 8.14. The number of benzene rings is 2. The standard InChI is InChI=1S/C21H20O2/c1-15(22)19-16(2)23-21(20(19)13-14-20,17-9-5-3-6-10-17)18-11-7-4-8-12-18/h3-12H,13-14H2,1-2H3. The first-order chi connectivity index (χ1) is 11.1. The summed E-state index contributed by atoms with van der Waals surface area (Å²) in [6.45, 7) is 3.60. The molecule has 0 aromatic heterocycles. The summed E-state index contributed by atoms with van der Waals surface area (Å²) in [4.78, 5) is 12.3. The number of hydrogen-bond acceptors (Lipinski definition) is 2. The summed E-state index contributed by atoms with van der Waals surface area (Å²) in [5.74, 6) is 0.913. The Labute approximate surface area is 136 Å². The van der Waals surface area contributed by atoms with E-state index in [1.165, 1.54) is 0 Å². The minimum Gasteiger partial charge on any atom is -0.481 e. The van der Waals surface area contributed by atoms with Gasteiger partial charge >= 0.3 is 0 Å². The van der Waals surface area contributed by atoms with Gasteiger partial charge in [0, 0.05) is 16.7 Å². The van der Waals surface area contributed by atoms with Gasteiger partial charge < -0.3 is 4.74 Å². The topological polar surface area (TPSA) is 26.3 Å². The van der Waals surface area contributed by atoms with Crippen molar-refractivity contribution in [2.24, 2.45) is 5.41 Å². The van der Waals surface area contributed by atoms with Crippen molar-refractivity contribution >= 4 is 5.78 Å². The quantitative estimate of drug-likeness (QED) is 0.828. The second kappa shape index (κ2) is 4.82. The van der Waals surface area contributed by atoms with E-state index in [1.807, 2.05) is 43.3 Å². The molecule has 1 saturated carbocycles. The minimum atomic E-state index is -0.583. The predicted octanol–water partition coefficient (Wildman–Crippen LogP) is 4.60. The molecule has 0 saturated heterocycles.